The Labute approximate surface area is 173 Å². The molecule has 0 amide bonds. The second-order valence-electron chi connectivity index (χ2n) is 6.27. The number of aliphatic imine (C=N–C) groups is 1. The molecule has 0 aliphatic rings. The number of nitrogens with zero attached hydrogens (tertiary/aromatic N) is 1. The quantitative estimate of drug-likeness (QED) is 0.342. The number of ether oxygens (including phenoxy) is 2. The highest BCUT2D eigenvalue weighted by molar-refractivity contribution is 14.0. The molecule has 0 radical (unpaired) electrons. The molecule has 0 saturated heterocycles. The molecule has 0 aliphatic heterocycles. The minimum absolute atomic E-state index is 0. The minimum atomic E-state index is 0. The molecule has 0 atom stereocenters. The smallest absolute Gasteiger partial charge is 0.193 e. The molecule has 0 aliphatic carbocycles. The summed E-state index contributed by atoms with van der Waals surface area (Å²) in [6, 6.07) is 15.8. The van der Waals surface area contributed by atoms with E-state index in [1.54, 1.807) is 7.11 Å². The summed E-state index contributed by atoms with van der Waals surface area (Å²) in [7, 11) is 1.67. The first-order valence-electron chi connectivity index (χ1n) is 8.44. The Balaban J connectivity index is 0.00000338. The monoisotopic (exact) mass is 469 g/mol. The zero-order chi connectivity index (χ0) is 18.1. The van der Waals surface area contributed by atoms with Crippen LogP contribution in [0.4, 0.5) is 5.69 Å². The lowest BCUT2D eigenvalue weighted by Crippen LogP contribution is -2.23. The van der Waals surface area contributed by atoms with E-state index in [0.29, 0.717) is 31.6 Å². The van der Waals surface area contributed by atoms with Gasteiger partial charge in [0.05, 0.1) is 19.8 Å². The molecule has 5 nitrogen and oxygen atoms in total. The maximum atomic E-state index is 6.02. The van der Waals surface area contributed by atoms with Crippen LogP contribution in [-0.4, -0.2) is 19.7 Å². The summed E-state index contributed by atoms with van der Waals surface area (Å²) in [5, 5.41) is 3.14. The summed E-state index contributed by atoms with van der Waals surface area (Å²) in [6.45, 7) is 5.96. The fraction of sp³-hybridized carbons (Fsp3) is 0.350. The lowest BCUT2D eigenvalue weighted by Gasteiger charge is -2.11. The van der Waals surface area contributed by atoms with Gasteiger partial charge in [-0.05, 0) is 29.7 Å². The number of benzene rings is 2. The van der Waals surface area contributed by atoms with Crippen LogP contribution in [0.15, 0.2) is 53.5 Å². The molecule has 0 saturated carbocycles. The fourth-order valence-electron chi connectivity index (χ4n) is 2.27. The molecule has 0 unspecified atom stereocenters. The number of para-hydroxylation sites is 1. The van der Waals surface area contributed by atoms with Crippen LogP contribution in [0, 0.1) is 5.92 Å². The predicted molar refractivity (Wildman–Crippen MR) is 118 cm³/mol. The van der Waals surface area contributed by atoms with Crippen LogP contribution in [0.5, 0.6) is 5.75 Å². The highest BCUT2D eigenvalue weighted by Gasteiger charge is 2.03. The molecule has 0 fully saturated rings. The number of halogens is 1. The van der Waals surface area contributed by atoms with Crippen molar-refractivity contribution in [3.63, 3.8) is 0 Å². The van der Waals surface area contributed by atoms with E-state index in [1.807, 2.05) is 48.5 Å². The zero-order valence-corrected chi connectivity index (χ0v) is 17.9. The lowest BCUT2D eigenvalue weighted by molar-refractivity contribution is 0.185. The molecule has 142 valence electrons. The second-order valence-corrected chi connectivity index (χ2v) is 6.27. The number of hydrogen-bond acceptors (Lipinski definition) is 3. The molecular weight excluding hydrogens is 441 g/mol. The van der Waals surface area contributed by atoms with E-state index in [1.165, 1.54) is 0 Å². The number of nitrogens with two attached hydrogens (primary N) is 1. The highest BCUT2D eigenvalue weighted by atomic mass is 127. The number of anilines is 1. The summed E-state index contributed by atoms with van der Waals surface area (Å²) in [5.41, 5.74) is 9.01. The van der Waals surface area contributed by atoms with Gasteiger partial charge in [-0.15, -0.1) is 24.0 Å². The van der Waals surface area contributed by atoms with Gasteiger partial charge in [0, 0.05) is 18.4 Å². The molecule has 0 aromatic heterocycles. The fourth-order valence-corrected chi connectivity index (χ4v) is 2.27. The average Bonchev–Trinajstić information content (AvgIpc) is 2.60. The summed E-state index contributed by atoms with van der Waals surface area (Å²) in [5.74, 6) is 1.73. The van der Waals surface area contributed by atoms with Crippen molar-refractivity contribution in [3.05, 3.63) is 59.7 Å². The largest absolute Gasteiger partial charge is 0.493 e. The third-order valence-corrected chi connectivity index (χ3v) is 3.49. The molecule has 0 spiro atoms. The van der Waals surface area contributed by atoms with Crippen LogP contribution >= 0.6 is 24.0 Å². The first-order valence-corrected chi connectivity index (χ1v) is 8.44. The Bertz CT molecular complexity index is 705. The van der Waals surface area contributed by atoms with E-state index < -0.39 is 0 Å². The van der Waals surface area contributed by atoms with Crippen molar-refractivity contribution in [1.29, 1.82) is 0 Å². The normalized spacial score (nSPS) is 11.2. The third-order valence-electron chi connectivity index (χ3n) is 3.49. The van der Waals surface area contributed by atoms with E-state index in [4.69, 9.17) is 15.2 Å². The Morgan fingerprint density at radius 3 is 2.65 bits per heavy atom. The maximum absolute atomic E-state index is 6.02. The average molecular weight is 469 g/mol. The standard InChI is InChI=1S/C20H27N3O2.HI/c1-15(2)13-25-18-9-6-7-16(11-18)12-22-20(21)23-19-10-5-4-8-17(19)14-24-3;/h4-11,15H,12-14H2,1-3H3,(H3,21,22,23);1H. The van der Waals surface area contributed by atoms with Gasteiger partial charge in [0.15, 0.2) is 5.96 Å². The molecule has 2 aromatic carbocycles. The molecule has 2 rings (SSSR count). The molecule has 26 heavy (non-hydrogen) atoms. The van der Waals surface area contributed by atoms with Crippen LogP contribution in [0.3, 0.4) is 0 Å². The van der Waals surface area contributed by atoms with Crippen molar-refractivity contribution in [1.82, 2.24) is 0 Å². The Hall–Kier alpha value is -1.80. The molecule has 0 heterocycles. The van der Waals surface area contributed by atoms with E-state index in [-0.39, 0.29) is 24.0 Å². The van der Waals surface area contributed by atoms with Gasteiger partial charge in [0.1, 0.15) is 5.75 Å². The van der Waals surface area contributed by atoms with Gasteiger partial charge < -0.3 is 20.5 Å². The number of guanidine groups is 1. The van der Waals surface area contributed by atoms with Gasteiger partial charge >= 0.3 is 0 Å². The van der Waals surface area contributed by atoms with E-state index in [2.05, 4.69) is 24.2 Å². The summed E-state index contributed by atoms with van der Waals surface area (Å²) in [6.07, 6.45) is 0. The van der Waals surface area contributed by atoms with E-state index >= 15 is 0 Å². The highest BCUT2D eigenvalue weighted by Crippen LogP contribution is 2.17. The zero-order valence-electron chi connectivity index (χ0n) is 15.6. The van der Waals surface area contributed by atoms with Crippen LogP contribution in [0.2, 0.25) is 0 Å². The van der Waals surface area contributed by atoms with Gasteiger partial charge in [0.2, 0.25) is 0 Å². The van der Waals surface area contributed by atoms with Gasteiger partial charge in [-0.25, -0.2) is 4.99 Å². The van der Waals surface area contributed by atoms with E-state index in [9.17, 15) is 0 Å². The van der Waals surface area contributed by atoms with Crippen molar-refractivity contribution >= 4 is 35.6 Å². The Morgan fingerprint density at radius 1 is 1.15 bits per heavy atom. The van der Waals surface area contributed by atoms with Gasteiger partial charge in [-0.2, -0.15) is 0 Å². The third kappa shape index (κ3) is 7.61. The topological polar surface area (TPSA) is 68.9 Å². The van der Waals surface area contributed by atoms with Crippen molar-refractivity contribution in [2.24, 2.45) is 16.6 Å². The van der Waals surface area contributed by atoms with Crippen LogP contribution in [0.25, 0.3) is 0 Å². The van der Waals surface area contributed by atoms with Gasteiger partial charge in [-0.1, -0.05) is 44.2 Å². The Morgan fingerprint density at radius 2 is 1.92 bits per heavy atom. The summed E-state index contributed by atoms with van der Waals surface area (Å²) < 4.78 is 10.9. The van der Waals surface area contributed by atoms with Crippen LogP contribution < -0.4 is 15.8 Å². The minimum Gasteiger partial charge on any atom is -0.493 e. The maximum Gasteiger partial charge on any atom is 0.193 e. The molecular formula is C20H28IN3O2. The SMILES string of the molecule is COCc1ccccc1NC(N)=NCc1cccc(OCC(C)C)c1.I. The van der Waals surface area contributed by atoms with E-state index in [0.717, 1.165) is 22.6 Å². The molecule has 6 heteroatoms. The van der Waals surface area contributed by atoms with Crippen molar-refractivity contribution < 1.29 is 9.47 Å². The summed E-state index contributed by atoms with van der Waals surface area (Å²) in [4.78, 5) is 4.41. The van der Waals surface area contributed by atoms with Crippen molar-refractivity contribution in [3.8, 4) is 5.75 Å². The van der Waals surface area contributed by atoms with Crippen LogP contribution in [-0.2, 0) is 17.9 Å². The number of methoxy groups -OCH3 is 1. The predicted octanol–water partition coefficient (Wildman–Crippen LogP) is 4.41. The first-order chi connectivity index (χ1) is 12.1. The Kier molecular flexibility index (Phi) is 10.0. The second kappa shape index (κ2) is 11.7. The number of rotatable bonds is 8. The molecule has 3 N–H and O–H groups in total. The number of nitrogens with one attached hydrogen (secondary N) is 1. The van der Waals surface area contributed by atoms with Gasteiger partial charge in [0.25, 0.3) is 0 Å². The van der Waals surface area contributed by atoms with Crippen molar-refractivity contribution in [2.75, 3.05) is 19.0 Å². The van der Waals surface area contributed by atoms with Gasteiger partial charge in [-0.3, -0.25) is 0 Å². The first kappa shape index (κ1) is 22.2. The lowest BCUT2D eigenvalue weighted by atomic mass is 10.2. The van der Waals surface area contributed by atoms with Crippen LogP contribution in [0.1, 0.15) is 25.0 Å². The molecule has 2 aromatic rings. The van der Waals surface area contributed by atoms with Crippen molar-refractivity contribution in [2.45, 2.75) is 27.0 Å². The summed E-state index contributed by atoms with van der Waals surface area (Å²) >= 11 is 0. The number of hydrogen-bond donors (Lipinski definition) is 2. The molecule has 0 bridgehead atoms.